The molecule has 0 aromatic heterocycles. The number of hydrogen-bond donors (Lipinski definition) is 0. The minimum atomic E-state index is -0.247. The maximum absolute atomic E-state index is 6.14. The molecule has 2 unspecified atom stereocenters. The standard InChI is InChI=1S/C12H19ClO2/c13-8-10-9-14-12(15-10)7-3-6-11(12)4-1-2-5-11/h10H,1-9H2. The first-order valence-corrected chi connectivity index (χ1v) is 6.72. The normalized spacial score (nSPS) is 43.4. The molecule has 1 saturated heterocycles. The van der Waals surface area contributed by atoms with Gasteiger partial charge in [-0.25, -0.2) is 0 Å². The van der Waals surface area contributed by atoms with E-state index in [2.05, 4.69) is 0 Å². The van der Waals surface area contributed by atoms with Crippen LogP contribution in [0.15, 0.2) is 0 Å². The van der Waals surface area contributed by atoms with E-state index in [9.17, 15) is 0 Å². The Balaban J connectivity index is 1.84. The predicted molar refractivity (Wildman–Crippen MR) is 59.0 cm³/mol. The highest BCUT2D eigenvalue weighted by Gasteiger charge is 2.60. The third-order valence-corrected chi connectivity index (χ3v) is 4.91. The van der Waals surface area contributed by atoms with E-state index < -0.39 is 0 Å². The zero-order valence-corrected chi connectivity index (χ0v) is 9.89. The van der Waals surface area contributed by atoms with Crippen LogP contribution >= 0.6 is 11.6 Å². The van der Waals surface area contributed by atoms with Gasteiger partial charge in [-0.2, -0.15) is 0 Å². The molecular formula is C12H19ClO2. The Bertz CT molecular complexity index is 244. The van der Waals surface area contributed by atoms with E-state index in [0.29, 0.717) is 17.9 Å². The number of halogens is 1. The molecule has 2 nitrogen and oxygen atoms in total. The highest BCUT2D eigenvalue weighted by molar-refractivity contribution is 6.18. The first kappa shape index (κ1) is 10.4. The van der Waals surface area contributed by atoms with Gasteiger partial charge >= 0.3 is 0 Å². The Morgan fingerprint density at radius 1 is 1.07 bits per heavy atom. The summed E-state index contributed by atoms with van der Waals surface area (Å²) < 4.78 is 12.2. The quantitative estimate of drug-likeness (QED) is 0.645. The lowest BCUT2D eigenvalue weighted by molar-refractivity contribution is -0.227. The maximum Gasteiger partial charge on any atom is 0.174 e. The molecular weight excluding hydrogens is 212 g/mol. The molecule has 3 aliphatic rings. The van der Waals surface area contributed by atoms with Gasteiger partial charge in [-0.15, -0.1) is 11.6 Å². The van der Waals surface area contributed by atoms with E-state index in [0.717, 1.165) is 6.42 Å². The van der Waals surface area contributed by atoms with Crippen molar-refractivity contribution in [2.45, 2.75) is 56.8 Å². The fraction of sp³-hybridized carbons (Fsp3) is 1.00. The van der Waals surface area contributed by atoms with Crippen LogP contribution in [0.1, 0.15) is 44.9 Å². The Morgan fingerprint density at radius 3 is 2.47 bits per heavy atom. The van der Waals surface area contributed by atoms with Gasteiger partial charge in [-0.05, 0) is 25.7 Å². The molecule has 86 valence electrons. The topological polar surface area (TPSA) is 18.5 Å². The highest BCUT2D eigenvalue weighted by atomic mass is 35.5. The van der Waals surface area contributed by atoms with Gasteiger partial charge in [0.05, 0.1) is 18.6 Å². The van der Waals surface area contributed by atoms with Crippen LogP contribution < -0.4 is 0 Å². The van der Waals surface area contributed by atoms with Gasteiger partial charge < -0.3 is 9.47 Å². The molecule has 2 spiro atoms. The molecule has 1 aliphatic heterocycles. The second-order valence-corrected chi connectivity index (χ2v) is 5.61. The summed E-state index contributed by atoms with van der Waals surface area (Å²) in [4.78, 5) is 0. The van der Waals surface area contributed by atoms with E-state index >= 15 is 0 Å². The van der Waals surface area contributed by atoms with E-state index in [-0.39, 0.29) is 11.9 Å². The summed E-state index contributed by atoms with van der Waals surface area (Å²) in [6.07, 6.45) is 9.05. The first-order chi connectivity index (χ1) is 7.30. The minimum absolute atomic E-state index is 0.127. The molecule has 0 aromatic rings. The second-order valence-electron chi connectivity index (χ2n) is 5.30. The average molecular weight is 231 g/mol. The van der Waals surface area contributed by atoms with Gasteiger partial charge in [0.2, 0.25) is 0 Å². The predicted octanol–water partition coefficient (Wildman–Crippen LogP) is 3.08. The Hall–Kier alpha value is 0.210. The fourth-order valence-corrected chi connectivity index (χ4v) is 4.00. The minimum Gasteiger partial charge on any atom is -0.347 e. The van der Waals surface area contributed by atoms with Crippen LogP contribution in [-0.4, -0.2) is 24.4 Å². The molecule has 2 saturated carbocycles. The van der Waals surface area contributed by atoms with Gasteiger partial charge in [-0.1, -0.05) is 12.8 Å². The van der Waals surface area contributed by atoms with E-state index in [1.54, 1.807) is 0 Å². The zero-order valence-electron chi connectivity index (χ0n) is 9.14. The van der Waals surface area contributed by atoms with Crippen molar-refractivity contribution in [2.75, 3.05) is 12.5 Å². The molecule has 15 heavy (non-hydrogen) atoms. The average Bonchev–Trinajstić information content (AvgIpc) is 2.93. The van der Waals surface area contributed by atoms with Crippen molar-refractivity contribution in [3.8, 4) is 0 Å². The van der Waals surface area contributed by atoms with E-state index in [4.69, 9.17) is 21.1 Å². The van der Waals surface area contributed by atoms with Crippen molar-refractivity contribution in [3.63, 3.8) is 0 Å². The van der Waals surface area contributed by atoms with Gasteiger partial charge in [0.1, 0.15) is 0 Å². The smallest absolute Gasteiger partial charge is 0.174 e. The molecule has 3 fully saturated rings. The molecule has 0 bridgehead atoms. The van der Waals surface area contributed by atoms with Gasteiger partial charge in [0.25, 0.3) is 0 Å². The molecule has 0 N–H and O–H groups in total. The molecule has 2 aliphatic carbocycles. The summed E-state index contributed by atoms with van der Waals surface area (Å²) in [6, 6.07) is 0. The van der Waals surface area contributed by atoms with Crippen molar-refractivity contribution < 1.29 is 9.47 Å². The van der Waals surface area contributed by atoms with Crippen molar-refractivity contribution >= 4 is 11.6 Å². The zero-order chi connectivity index (χ0) is 10.4. The van der Waals surface area contributed by atoms with Gasteiger partial charge in [0, 0.05) is 11.8 Å². The van der Waals surface area contributed by atoms with Crippen LogP contribution in [0.25, 0.3) is 0 Å². The molecule has 0 aromatic carbocycles. The number of hydrogen-bond acceptors (Lipinski definition) is 2. The molecule has 3 rings (SSSR count). The highest BCUT2D eigenvalue weighted by Crippen LogP contribution is 2.60. The number of fused-ring (bicyclic) bond motifs is 1. The summed E-state index contributed by atoms with van der Waals surface area (Å²) >= 11 is 5.86. The lowest BCUT2D eigenvalue weighted by Gasteiger charge is -2.39. The molecule has 0 amide bonds. The lowest BCUT2D eigenvalue weighted by Crippen LogP contribution is -2.43. The summed E-state index contributed by atoms with van der Waals surface area (Å²) in [5, 5.41) is 0. The second kappa shape index (κ2) is 3.61. The van der Waals surface area contributed by atoms with Crippen LogP contribution in [0.2, 0.25) is 0 Å². The van der Waals surface area contributed by atoms with Crippen LogP contribution in [0.4, 0.5) is 0 Å². The maximum atomic E-state index is 6.14. The fourth-order valence-electron chi connectivity index (χ4n) is 3.85. The monoisotopic (exact) mass is 230 g/mol. The van der Waals surface area contributed by atoms with Crippen molar-refractivity contribution in [2.24, 2.45) is 5.41 Å². The van der Waals surface area contributed by atoms with Gasteiger partial charge in [0.15, 0.2) is 5.79 Å². The van der Waals surface area contributed by atoms with Crippen LogP contribution in [-0.2, 0) is 9.47 Å². The largest absolute Gasteiger partial charge is 0.347 e. The Morgan fingerprint density at radius 2 is 1.80 bits per heavy atom. The molecule has 3 heteroatoms. The summed E-state index contributed by atoms with van der Waals surface area (Å²) in [6.45, 7) is 0.700. The molecule has 1 heterocycles. The van der Waals surface area contributed by atoms with Crippen molar-refractivity contribution in [1.82, 2.24) is 0 Å². The number of ether oxygens (including phenoxy) is 2. The summed E-state index contributed by atoms with van der Waals surface area (Å²) in [5.41, 5.74) is 0.341. The first-order valence-electron chi connectivity index (χ1n) is 6.18. The lowest BCUT2D eigenvalue weighted by atomic mass is 9.80. The van der Waals surface area contributed by atoms with Crippen LogP contribution in [0, 0.1) is 5.41 Å². The van der Waals surface area contributed by atoms with Crippen molar-refractivity contribution in [3.05, 3.63) is 0 Å². The van der Waals surface area contributed by atoms with E-state index in [1.165, 1.54) is 38.5 Å². The van der Waals surface area contributed by atoms with Gasteiger partial charge in [-0.3, -0.25) is 0 Å². The van der Waals surface area contributed by atoms with Crippen LogP contribution in [0.5, 0.6) is 0 Å². The molecule has 2 atom stereocenters. The Kier molecular flexibility index (Phi) is 2.50. The summed E-state index contributed by atoms with van der Waals surface area (Å²) in [5.74, 6) is 0.320. The van der Waals surface area contributed by atoms with E-state index in [1.807, 2.05) is 0 Å². The number of rotatable bonds is 1. The van der Waals surface area contributed by atoms with Crippen molar-refractivity contribution in [1.29, 1.82) is 0 Å². The summed E-state index contributed by atoms with van der Waals surface area (Å²) in [7, 11) is 0. The Labute approximate surface area is 96.3 Å². The third kappa shape index (κ3) is 1.38. The third-order valence-electron chi connectivity index (χ3n) is 4.56. The SMILES string of the molecule is ClCC1COC2(CCCC23CCCC3)O1. The number of alkyl halides is 1. The van der Waals surface area contributed by atoms with Crippen LogP contribution in [0.3, 0.4) is 0 Å². The molecule has 0 radical (unpaired) electrons.